The van der Waals surface area contributed by atoms with Crippen LogP contribution in [0.3, 0.4) is 0 Å². The molecule has 2 saturated heterocycles. The summed E-state index contributed by atoms with van der Waals surface area (Å²) in [6.45, 7) is 4.27. The first-order chi connectivity index (χ1) is 12.3. The molecule has 0 bridgehead atoms. The minimum atomic E-state index is 0.300. The number of hydrogen-bond donors (Lipinski definition) is 0. The van der Waals surface area contributed by atoms with Gasteiger partial charge in [0.05, 0.1) is 17.8 Å². The lowest BCUT2D eigenvalue weighted by molar-refractivity contribution is -0.116. The van der Waals surface area contributed by atoms with Crippen molar-refractivity contribution in [2.75, 3.05) is 26.7 Å². The van der Waals surface area contributed by atoms with E-state index in [1.165, 1.54) is 24.1 Å². The predicted molar refractivity (Wildman–Crippen MR) is 97.0 cm³/mol. The Kier molecular flexibility index (Phi) is 5.06. The van der Waals surface area contributed by atoms with Crippen LogP contribution in [0.5, 0.6) is 0 Å². The summed E-state index contributed by atoms with van der Waals surface area (Å²) in [5.74, 6) is 0. The highest BCUT2D eigenvalue weighted by molar-refractivity contribution is 5.21. The van der Waals surface area contributed by atoms with E-state index in [2.05, 4.69) is 44.0 Å². The number of hydrogen-bond acceptors (Lipinski definition) is 5. The molecular formula is C20H26N4O. The van der Waals surface area contributed by atoms with E-state index in [1.54, 1.807) is 0 Å². The lowest BCUT2D eigenvalue weighted by Crippen LogP contribution is -2.60. The molecule has 0 spiro atoms. The second-order valence-corrected chi connectivity index (χ2v) is 7.02. The highest BCUT2D eigenvalue weighted by Crippen LogP contribution is 2.39. The third-order valence-corrected chi connectivity index (χ3v) is 5.59. The van der Waals surface area contributed by atoms with Gasteiger partial charge in [0.25, 0.3) is 0 Å². The number of piperidine rings is 1. The van der Waals surface area contributed by atoms with Crippen molar-refractivity contribution < 1.29 is 4.74 Å². The van der Waals surface area contributed by atoms with Crippen LogP contribution in [0.2, 0.25) is 0 Å². The largest absolute Gasteiger partial charge is 0.378 e. The summed E-state index contributed by atoms with van der Waals surface area (Å²) in [6, 6.07) is 11.4. The molecule has 4 heterocycles. The summed E-state index contributed by atoms with van der Waals surface area (Å²) in [5.41, 5.74) is 2.49. The van der Waals surface area contributed by atoms with E-state index in [4.69, 9.17) is 4.74 Å². The molecular weight excluding hydrogens is 312 g/mol. The molecule has 0 N–H and O–H groups in total. The summed E-state index contributed by atoms with van der Waals surface area (Å²) in [6.07, 6.45) is 8.37. The Balaban J connectivity index is 1.36. The minimum Gasteiger partial charge on any atom is -0.378 e. The Hall–Kier alpha value is -1.82. The fourth-order valence-corrected chi connectivity index (χ4v) is 4.17. The van der Waals surface area contributed by atoms with Gasteiger partial charge in [0.1, 0.15) is 0 Å². The van der Waals surface area contributed by atoms with Crippen LogP contribution in [0.15, 0.2) is 48.9 Å². The van der Waals surface area contributed by atoms with Gasteiger partial charge in [-0.1, -0.05) is 6.07 Å². The van der Waals surface area contributed by atoms with Crippen molar-refractivity contribution in [1.82, 2.24) is 19.8 Å². The monoisotopic (exact) mass is 338 g/mol. The molecule has 25 heavy (non-hydrogen) atoms. The van der Waals surface area contributed by atoms with Gasteiger partial charge in [-0.05, 0) is 42.7 Å². The number of pyridine rings is 2. The Morgan fingerprint density at radius 1 is 1.08 bits per heavy atom. The van der Waals surface area contributed by atoms with E-state index < -0.39 is 0 Å². The molecule has 4 rings (SSSR count). The van der Waals surface area contributed by atoms with Crippen LogP contribution in [-0.2, 0) is 11.3 Å². The van der Waals surface area contributed by atoms with Crippen molar-refractivity contribution in [2.24, 2.45) is 0 Å². The third-order valence-electron chi connectivity index (χ3n) is 5.59. The van der Waals surface area contributed by atoms with Gasteiger partial charge in [-0.25, -0.2) is 0 Å². The maximum absolute atomic E-state index is 5.69. The molecule has 5 heteroatoms. The third kappa shape index (κ3) is 3.59. The fourth-order valence-electron chi connectivity index (χ4n) is 4.17. The molecule has 0 saturated carbocycles. The van der Waals surface area contributed by atoms with Crippen molar-refractivity contribution in [3.63, 3.8) is 0 Å². The van der Waals surface area contributed by atoms with Crippen LogP contribution in [0.4, 0.5) is 0 Å². The molecule has 0 amide bonds. The lowest BCUT2D eigenvalue weighted by Gasteiger charge is -2.53. The molecule has 2 fully saturated rings. The Bertz CT molecular complexity index is 658. The summed E-state index contributed by atoms with van der Waals surface area (Å²) < 4.78 is 5.69. The molecule has 5 nitrogen and oxygen atoms in total. The van der Waals surface area contributed by atoms with Gasteiger partial charge >= 0.3 is 0 Å². The van der Waals surface area contributed by atoms with Crippen molar-refractivity contribution >= 4 is 0 Å². The summed E-state index contributed by atoms with van der Waals surface area (Å²) in [7, 11) is 1.83. The maximum atomic E-state index is 5.69. The number of ether oxygens (including phenoxy) is 1. The highest BCUT2D eigenvalue weighted by Gasteiger charge is 2.44. The zero-order valence-electron chi connectivity index (χ0n) is 14.8. The molecule has 2 aliphatic heterocycles. The molecule has 0 aliphatic carbocycles. The number of likely N-dealkylation sites (tertiary alicyclic amines) is 2. The molecule has 2 aromatic heterocycles. The van der Waals surface area contributed by atoms with E-state index in [0.717, 1.165) is 26.2 Å². The van der Waals surface area contributed by atoms with E-state index in [0.29, 0.717) is 18.2 Å². The lowest BCUT2D eigenvalue weighted by atomic mass is 9.87. The second kappa shape index (κ2) is 7.60. The van der Waals surface area contributed by atoms with Crippen LogP contribution < -0.4 is 0 Å². The first-order valence-corrected chi connectivity index (χ1v) is 9.16. The van der Waals surface area contributed by atoms with Gasteiger partial charge in [0, 0.05) is 57.9 Å². The van der Waals surface area contributed by atoms with Crippen molar-refractivity contribution in [3.8, 4) is 0 Å². The average Bonchev–Trinajstić information content (AvgIpc) is 2.64. The quantitative estimate of drug-likeness (QED) is 0.838. The van der Waals surface area contributed by atoms with Crippen molar-refractivity contribution in [3.05, 3.63) is 60.2 Å². The maximum Gasteiger partial charge on any atom is 0.0895 e. The molecule has 0 aromatic carbocycles. The number of aromatic nitrogens is 2. The first-order valence-electron chi connectivity index (χ1n) is 9.16. The van der Waals surface area contributed by atoms with Crippen molar-refractivity contribution in [1.29, 1.82) is 0 Å². The smallest absolute Gasteiger partial charge is 0.0895 e. The van der Waals surface area contributed by atoms with Crippen LogP contribution in [-0.4, -0.2) is 58.7 Å². The zero-order valence-corrected chi connectivity index (χ0v) is 14.8. The van der Waals surface area contributed by atoms with Gasteiger partial charge in [0.15, 0.2) is 0 Å². The van der Waals surface area contributed by atoms with Crippen LogP contribution >= 0.6 is 0 Å². The average molecular weight is 338 g/mol. The molecule has 0 unspecified atom stereocenters. The van der Waals surface area contributed by atoms with E-state index in [1.807, 2.05) is 31.8 Å². The summed E-state index contributed by atoms with van der Waals surface area (Å²) in [5, 5.41) is 0. The second-order valence-electron chi connectivity index (χ2n) is 7.02. The van der Waals surface area contributed by atoms with Crippen LogP contribution in [0.25, 0.3) is 0 Å². The Labute approximate surface area is 149 Å². The zero-order chi connectivity index (χ0) is 17.1. The summed E-state index contributed by atoms with van der Waals surface area (Å²) >= 11 is 0. The Morgan fingerprint density at radius 3 is 2.56 bits per heavy atom. The topological polar surface area (TPSA) is 41.5 Å². The molecule has 2 aliphatic rings. The SMILES string of the molecule is CO[C@H]1CN(C2CCN(Cc3ccccn3)CC2)[C@H]1c1ccncc1. The van der Waals surface area contributed by atoms with Gasteiger partial charge in [-0.15, -0.1) is 0 Å². The van der Waals surface area contributed by atoms with Crippen LogP contribution in [0.1, 0.15) is 30.1 Å². The minimum absolute atomic E-state index is 0.300. The van der Waals surface area contributed by atoms with Gasteiger partial charge < -0.3 is 4.74 Å². The van der Waals surface area contributed by atoms with E-state index in [9.17, 15) is 0 Å². The van der Waals surface area contributed by atoms with Gasteiger partial charge in [0.2, 0.25) is 0 Å². The standard InChI is InChI=1S/C20H26N4O/c1-25-19-15-24(20(19)16-5-10-21-11-6-16)18-7-12-23(13-8-18)14-17-4-2-3-9-22-17/h2-6,9-11,18-20H,7-8,12-15H2,1H3/t19-,20-/m0/s1. The normalized spacial score (nSPS) is 25.6. The van der Waals surface area contributed by atoms with E-state index >= 15 is 0 Å². The predicted octanol–water partition coefficient (Wildman–Crippen LogP) is 2.51. The highest BCUT2D eigenvalue weighted by atomic mass is 16.5. The molecule has 2 atom stereocenters. The molecule has 0 radical (unpaired) electrons. The number of nitrogens with zero attached hydrogens (tertiary/aromatic N) is 4. The Morgan fingerprint density at radius 2 is 1.88 bits per heavy atom. The summed E-state index contributed by atoms with van der Waals surface area (Å²) in [4.78, 5) is 13.8. The molecule has 132 valence electrons. The van der Waals surface area contributed by atoms with Crippen molar-refractivity contribution in [2.45, 2.75) is 37.6 Å². The first kappa shape index (κ1) is 16.6. The van der Waals surface area contributed by atoms with Crippen LogP contribution in [0, 0.1) is 0 Å². The number of rotatable bonds is 5. The van der Waals surface area contributed by atoms with Gasteiger partial charge in [-0.2, -0.15) is 0 Å². The molecule has 2 aromatic rings. The van der Waals surface area contributed by atoms with E-state index in [-0.39, 0.29) is 0 Å². The number of methoxy groups -OCH3 is 1. The fraction of sp³-hybridized carbons (Fsp3) is 0.500. The van der Waals surface area contributed by atoms with Gasteiger partial charge in [-0.3, -0.25) is 19.8 Å².